The minimum Gasteiger partial charge on any atom is -0.439 e. The largest absolute Gasteiger partial charge is 0.439 e. The van der Waals surface area contributed by atoms with Crippen LogP contribution in [0.1, 0.15) is 30.0 Å². The smallest absolute Gasteiger partial charge is 0.304 e. The highest BCUT2D eigenvalue weighted by molar-refractivity contribution is 6.03. The number of fused-ring (bicyclic) bond motifs is 4. The first-order valence-corrected chi connectivity index (χ1v) is 12.5. The number of nitrogen functional groups attached to an aromatic ring is 1. The standard InChI is InChI=1S/C30H26N4O4/c1-18(35)38-30(24-8-4-2-6-22(24)23-7-3-5-9-25(23)30)29(37)34-15-13-26(34)28(36)33-17-19-10-11-21-20(16-19)12-14-32-27(21)31/h2-12,14,16,26H,13,15,17H2,1H3,(H2,31,32)(H,33,36)/t26-/m0/s1. The van der Waals surface area contributed by atoms with Gasteiger partial charge in [0.2, 0.25) is 11.5 Å². The van der Waals surface area contributed by atoms with Gasteiger partial charge in [-0.05, 0) is 40.6 Å². The quantitative estimate of drug-likeness (QED) is 0.401. The summed E-state index contributed by atoms with van der Waals surface area (Å²) in [6.07, 6.45) is 2.17. The molecule has 3 aromatic carbocycles. The Kier molecular flexibility index (Phi) is 5.60. The molecule has 1 fully saturated rings. The van der Waals surface area contributed by atoms with E-state index < -0.39 is 23.5 Å². The number of likely N-dealkylation sites (tertiary alicyclic amines) is 1. The van der Waals surface area contributed by atoms with Crippen molar-refractivity contribution in [3.63, 3.8) is 0 Å². The number of esters is 1. The number of hydrogen-bond acceptors (Lipinski definition) is 6. The molecule has 2 heterocycles. The SMILES string of the molecule is CC(=O)OC1(C(=O)N2CC[C@H]2C(=O)NCc2ccc3c(N)nccc3c2)c2ccccc2-c2ccccc21. The average Bonchev–Trinajstić information content (AvgIpc) is 3.17. The normalized spacial score (nSPS) is 16.8. The van der Waals surface area contributed by atoms with Crippen molar-refractivity contribution in [3.05, 3.63) is 95.7 Å². The lowest BCUT2D eigenvalue weighted by molar-refractivity contribution is -0.174. The highest BCUT2D eigenvalue weighted by Crippen LogP contribution is 2.51. The lowest BCUT2D eigenvalue weighted by atomic mass is 9.86. The summed E-state index contributed by atoms with van der Waals surface area (Å²) in [5.41, 5.74) is 8.11. The Morgan fingerprint density at radius 2 is 1.71 bits per heavy atom. The minimum atomic E-state index is -1.63. The molecule has 8 heteroatoms. The van der Waals surface area contributed by atoms with Crippen LogP contribution in [-0.4, -0.2) is 40.3 Å². The van der Waals surface area contributed by atoms with E-state index in [9.17, 15) is 14.4 Å². The van der Waals surface area contributed by atoms with E-state index in [1.807, 2.05) is 72.8 Å². The van der Waals surface area contributed by atoms with Gasteiger partial charge in [0.05, 0.1) is 0 Å². The molecule has 1 aliphatic carbocycles. The second kappa shape index (κ2) is 8.99. The molecule has 0 spiro atoms. The first-order chi connectivity index (χ1) is 18.4. The number of carbonyl (C=O) groups excluding carboxylic acids is 3. The number of carbonyl (C=O) groups is 3. The fourth-order valence-corrected chi connectivity index (χ4v) is 5.57. The van der Waals surface area contributed by atoms with Crippen LogP contribution in [0.4, 0.5) is 5.82 Å². The number of nitrogens with two attached hydrogens (primary N) is 1. The maximum absolute atomic E-state index is 14.2. The topological polar surface area (TPSA) is 115 Å². The van der Waals surface area contributed by atoms with E-state index in [-0.39, 0.29) is 5.91 Å². The molecule has 0 saturated carbocycles. The van der Waals surface area contributed by atoms with Gasteiger partial charge in [-0.2, -0.15) is 0 Å². The van der Waals surface area contributed by atoms with Crippen molar-refractivity contribution in [1.82, 2.24) is 15.2 Å². The van der Waals surface area contributed by atoms with Gasteiger partial charge >= 0.3 is 5.97 Å². The van der Waals surface area contributed by atoms with Gasteiger partial charge in [-0.15, -0.1) is 0 Å². The van der Waals surface area contributed by atoms with E-state index in [4.69, 9.17) is 10.5 Å². The molecule has 8 nitrogen and oxygen atoms in total. The van der Waals surface area contributed by atoms with Crippen LogP contribution >= 0.6 is 0 Å². The van der Waals surface area contributed by atoms with Crippen LogP contribution in [0, 0.1) is 0 Å². The monoisotopic (exact) mass is 506 g/mol. The molecule has 0 unspecified atom stereocenters. The number of nitrogens with zero attached hydrogens (tertiary/aromatic N) is 2. The van der Waals surface area contributed by atoms with Crippen LogP contribution in [0.2, 0.25) is 0 Å². The van der Waals surface area contributed by atoms with Gasteiger partial charge in [-0.25, -0.2) is 4.98 Å². The van der Waals surface area contributed by atoms with Crippen LogP contribution < -0.4 is 11.1 Å². The van der Waals surface area contributed by atoms with Crippen molar-refractivity contribution < 1.29 is 19.1 Å². The number of benzene rings is 3. The first-order valence-electron chi connectivity index (χ1n) is 12.5. The van der Waals surface area contributed by atoms with Gasteiger partial charge < -0.3 is 20.7 Å². The fourth-order valence-electron chi connectivity index (χ4n) is 5.57. The highest BCUT2D eigenvalue weighted by Gasteiger charge is 2.56. The van der Waals surface area contributed by atoms with Gasteiger partial charge in [-0.3, -0.25) is 14.4 Å². The first kappa shape index (κ1) is 23.7. The van der Waals surface area contributed by atoms with E-state index in [1.54, 1.807) is 6.20 Å². The van der Waals surface area contributed by atoms with E-state index in [0.29, 0.717) is 36.5 Å². The molecule has 4 aromatic rings. The van der Waals surface area contributed by atoms with E-state index in [2.05, 4.69) is 10.3 Å². The van der Waals surface area contributed by atoms with Crippen molar-refractivity contribution in [2.24, 2.45) is 0 Å². The lowest BCUT2D eigenvalue weighted by Crippen LogP contribution is -2.63. The molecule has 1 aromatic heterocycles. The third kappa shape index (κ3) is 3.60. The van der Waals surface area contributed by atoms with Gasteiger partial charge in [0.1, 0.15) is 11.9 Å². The number of pyridine rings is 1. The molecule has 0 radical (unpaired) electrons. The maximum atomic E-state index is 14.2. The zero-order valence-corrected chi connectivity index (χ0v) is 20.8. The number of anilines is 1. The molecule has 2 aliphatic rings. The van der Waals surface area contributed by atoms with Crippen LogP contribution in [0.25, 0.3) is 21.9 Å². The molecule has 1 aliphatic heterocycles. The number of nitrogens with one attached hydrogen (secondary N) is 1. The Morgan fingerprint density at radius 1 is 1.03 bits per heavy atom. The zero-order valence-electron chi connectivity index (χ0n) is 20.8. The molecule has 3 N–H and O–H groups in total. The van der Waals surface area contributed by atoms with Crippen LogP contribution in [-0.2, 0) is 31.3 Å². The van der Waals surface area contributed by atoms with Crippen molar-refractivity contribution in [2.45, 2.75) is 31.5 Å². The van der Waals surface area contributed by atoms with Crippen molar-refractivity contribution in [2.75, 3.05) is 12.3 Å². The second-order valence-corrected chi connectivity index (χ2v) is 9.64. The Morgan fingerprint density at radius 3 is 2.34 bits per heavy atom. The van der Waals surface area contributed by atoms with Gasteiger partial charge in [-0.1, -0.05) is 60.7 Å². The van der Waals surface area contributed by atoms with Crippen molar-refractivity contribution in [3.8, 4) is 11.1 Å². The summed E-state index contributed by atoms with van der Waals surface area (Å²) in [7, 11) is 0. The summed E-state index contributed by atoms with van der Waals surface area (Å²) in [4.78, 5) is 45.4. The molecule has 6 rings (SSSR count). The summed E-state index contributed by atoms with van der Waals surface area (Å²) in [6, 6.07) is 21.8. The number of hydrogen-bond donors (Lipinski definition) is 2. The summed E-state index contributed by atoms with van der Waals surface area (Å²) in [5.74, 6) is -0.779. The Bertz CT molecular complexity index is 1570. The predicted octanol–water partition coefficient (Wildman–Crippen LogP) is 3.52. The highest BCUT2D eigenvalue weighted by atomic mass is 16.6. The minimum absolute atomic E-state index is 0.253. The van der Waals surface area contributed by atoms with Crippen molar-refractivity contribution in [1.29, 1.82) is 0 Å². The average molecular weight is 507 g/mol. The summed E-state index contributed by atoms with van der Waals surface area (Å²) < 4.78 is 5.90. The van der Waals surface area contributed by atoms with Gasteiger partial charge in [0.15, 0.2) is 0 Å². The van der Waals surface area contributed by atoms with Crippen LogP contribution in [0.5, 0.6) is 0 Å². The van der Waals surface area contributed by atoms with Gasteiger partial charge in [0, 0.05) is 42.7 Å². The van der Waals surface area contributed by atoms with Crippen molar-refractivity contribution >= 4 is 34.4 Å². The molecule has 0 bridgehead atoms. The van der Waals surface area contributed by atoms with Gasteiger partial charge in [0.25, 0.3) is 5.91 Å². The molecule has 1 atom stereocenters. The van der Waals surface area contributed by atoms with Crippen LogP contribution in [0.15, 0.2) is 79.0 Å². The number of aromatic nitrogens is 1. The number of rotatable bonds is 5. The second-order valence-electron chi connectivity index (χ2n) is 9.64. The maximum Gasteiger partial charge on any atom is 0.304 e. The third-order valence-corrected chi connectivity index (χ3v) is 7.41. The molecule has 2 amide bonds. The fraction of sp³-hybridized carbons (Fsp3) is 0.200. The van der Waals surface area contributed by atoms with Crippen LogP contribution in [0.3, 0.4) is 0 Å². The molecular weight excluding hydrogens is 480 g/mol. The summed E-state index contributed by atoms with van der Waals surface area (Å²) in [5, 5.41) is 4.75. The summed E-state index contributed by atoms with van der Waals surface area (Å²) in [6.45, 7) is 1.99. The van der Waals surface area contributed by atoms with E-state index in [0.717, 1.165) is 27.5 Å². The summed E-state index contributed by atoms with van der Waals surface area (Å²) >= 11 is 0. The Hall–Kier alpha value is -4.72. The molecule has 190 valence electrons. The Balaban J connectivity index is 1.27. The molecular formula is C30H26N4O4. The lowest BCUT2D eigenvalue weighted by Gasteiger charge is -2.44. The predicted molar refractivity (Wildman–Crippen MR) is 143 cm³/mol. The Labute approximate surface area is 219 Å². The third-order valence-electron chi connectivity index (χ3n) is 7.41. The zero-order chi connectivity index (χ0) is 26.4. The van der Waals surface area contributed by atoms with E-state index in [1.165, 1.54) is 11.8 Å². The molecule has 1 saturated heterocycles. The molecule has 38 heavy (non-hydrogen) atoms. The van der Waals surface area contributed by atoms with E-state index >= 15 is 0 Å². The number of ether oxygens (including phenoxy) is 1. The number of amides is 2.